The number of amidine groups is 1. The molecule has 26 heavy (non-hydrogen) atoms. The van der Waals surface area contributed by atoms with Gasteiger partial charge in [0.15, 0.2) is 5.82 Å². The first-order valence-electron chi connectivity index (χ1n) is 9.53. The SMILES string of the molecule is CCC1C2=NC(C)CC=C(C)N2c2cnc(Cl)nc2N1C1CCOCC1. The number of aliphatic imine (C=N–C) groups is 1. The van der Waals surface area contributed by atoms with E-state index in [9.17, 15) is 0 Å². The van der Waals surface area contributed by atoms with Gasteiger partial charge in [0.2, 0.25) is 5.28 Å². The lowest BCUT2D eigenvalue weighted by Crippen LogP contribution is -2.57. The van der Waals surface area contributed by atoms with E-state index in [0.717, 1.165) is 56.2 Å². The van der Waals surface area contributed by atoms with Crippen molar-refractivity contribution in [3.63, 3.8) is 0 Å². The van der Waals surface area contributed by atoms with Gasteiger partial charge in [0.1, 0.15) is 11.5 Å². The van der Waals surface area contributed by atoms with Gasteiger partial charge in [-0.3, -0.25) is 9.89 Å². The fourth-order valence-electron chi connectivity index (χ4n) is 4.23. The fraction of sp³-hybridized carbons (Fsp3) is 0.632. The molecule has 0 spiro atoms. The first-order chi connectivity index (χ1) is 12.6. The number of hydrogen-bond acceptors (Lipinski definition) is 6. The molecule has 1 saturated heterocycles. The maximum Gasteiger partial charge on any atom is 0.224 e. The zero-order valence-electron chi connectivity index (χ0n) is 15.7. The molecule has 140 valence electrons. The van der Waals surface area contributed by atoms with Gasteiger partial charge >= 0.3 is 0 Å². The molecule has 0 bridgehead atoms. The molecule has 6 nitrogen and oxygen atoms in total. The number of halogens is 1. The molecule has 3 aliphatic rings. The van der Waals surface area contributed by atoms with Crippen molar-refractivity contribution >= 4 is 28.9 Å². The van der Waals surface area contributed by atoms with Crippen LogP contribution in [0.4, 0.5) is 11.5 Å². The van der Waals surface area contributed by atoms with E-state index in [0.29, 0.717) is 11.3 Å². The van der Waals surface area contributed by atoms with E-state index in [2.05, 4.69) is 46.6 Å². The van der Waals surface area contributed by atoms with Crippen molar-refractivity contribution in [3.05, 3.63) is 23.3 Å². The molecule has 1 aromatic rings. The number of fused-ring (bicyclic) bond motifs is 3. The Bertz CT molecular complexity index is 743. The summed E-state index contributed by atoms with van der Waals surface area (Å²) in [5.41, 5.74) is 2.16. The summed E-state index contributed by atoms with van der Waals surface area (Å²) in [4.78, 5) is 18.7. The molecule has 1 aromatic heterocycles. The van der Waals surface area contributed by atoms with E-state index >= 15 is 0 Å². The van der Waals surface area contributed by atoms with Crippen LogP contribution >= 0.6 is 11.6 Å². The maximum atomic E-state index is 6.20. The average molecular weight is 376 g/mol. The highest BCUT2D eigenvalue weighted by molar-refractivity contribution is 6.28. The third-order valence-electron chi connectivity index (χ3n) is 5.50. The van der Waals surface area contributed by atoms with Crippen molar-refractivity contribution in [1.82, 2.24) is 9.97 Å². The minimum absolute atomic E-state index is 0.181. The largest absolute Gasteiger partial charge is 0.381 e. The van der Waals surface area contributed by atoms with Crippen LogP contribution in [0.2, 0.25) is 5.28 Å². The average Bonchev–Trinajstić information content (AvgIpc) is 2.80. The van der Waals surface area contributed by atoms with Gasteiger partial charge in [-0.1, -0.05) is 13.0 Å². The minimum Gasteiger partial charge on any atom is -0.381 e. The Balaban J connectivity index is 1.90. The summed E-state index contributed by atoms with van der Waals surface area (Å²) in [6, 6.07) is 0.830. The second-order valence-corrected chi connectivity index (χ2v) is 7.61. The molecular weight excluding hydrogens is 350 g/mol. The molecule has 7 heteroatoms. The second-order valence-electron chi connectivity index (χ2n) is 7.28. The van der Waals surface area contributed by atoms with Crippen molar-refractivity contribution in [3.8, 4) is 0 Å². The van der Waals surface area contributed by atoms with Gasteiger partial charge in [-0.05, 0) is 51.1 Å². The van der Waals surface area contributed by atoms with E-state index in [1.807, 2.05) is 6.20 Å². The normalized spacial score (nSPS) is 26.6. The van der Waals surface area contributed by atoms with Crippen LogP contribution in [0.5, 0.6) is 0 Å². The number of nitrogens with zero attached hydrogens (tertiary/aromatic N) is 5. The highest BCUT2D eigenvalue weighted by atomic mass is 35.5. The quantitative estimate of drug-likeness (QED) is 0.736. The highest BCUT2D eigenvalue weighted by Gasteiger charge is 2.42. The molecule has 0 N–H and O–H groups in total. The molecule has 1 fully saturated rings. The van der Waals surface area contributed by atoms with E-state index in [-0.39, 0.29) is 12.1 Å². The van der Waals surface area contributed by atoms with Gasteiger partial charge in [0.25, 0.3) is 0 Å². The zero-order chi connectivity index (χ0) is 18.3. The van der Waals surface area contributed by atoms with Gasteiger partial charge in [0.05, 0.1) is 18.3 Å². The Kier molecular flexibility index (Phi) is 4.88. The summed E-state index contributed by atoms with van der Waals surface area (Å²) in [6.07, 6.45) is 8.00. The molecule has 2 unspecified atom stereocenters. The number of allylic oxidation sites excluding steroid dienone is 1. The summed E-state index contributed by atoms with van der Waals surface area (Å²) in [6.45, 7) is 8.12. The van der Waals surface area contributed by atoms with Crippen LogP contribution in [-0.2, 0) is 4.74 Å². The molecule has 0 amide bonds. The van der Waals surface area contributed by atoms with Crippen LogP contribution in [0.3, 0.4) is 0 Å². The monoisotopic (exact) mass is 375 g/mol. The third-order valence-corrected chi connectivity index (χ3v) is 5.68. The lowest BCUT2D eigenvalue weighted by atomic mass is 9.98. The molecule has 0 aromatic carbocycles. The standard InChI is InChI=1S/C19H26ClN5O/c1-4-15-17-22-12(2)5-6-13(3)24(17)16-11-21-19(20)23-18(16)25(15)14-7-9-26-10-8-14/h6,11-12,14-15H,4-5,7-10H2,1-3H3. The molecule has 4 heterocycles. The van der Waals surface area contributed by atoms with E-state index < -0.39 is 0 Å². The summed E-state index contributed by atoms with van der Waals surface area (Å²) >= 11 is 6.20. The molecule has 3 aliphatic heterocycles. The second kappa shape index (κ2) is 7.16. The first-order valence-corrected chi connectivity index (χ1v) is 9.91. The summed E-state index contributed by atoms with van der Waals surface area (Å²) < 4.78 is 5.60. The van der Waals surface area contributed by atoms with Crippen molar-refractivity contribution < 1.29 is 4.74 Å². The molecular formula is C19H26ClN5O. The molecule has 4 rings (SSSR count). The lowest BCUT2D eigenvalue weighted by Gasteiger charge is -2.48. The lowest BCUT2D eigenvalue weighted by molar-refractivity contribution is 0.0833. The van der Waals surface area contributed by atoms with Crippen molar-refractivity contribution in [2.45, 2.75) is 64.6 Å². The first kappa shape index (κ1) is 17.7. The Morgan fingerprint density at radius 2 is 2.08 bits per heavy atom. The van der Waals surface area contributed by atoms with Gasteiger partial charge in [-0.25, -0.2) is 4.98 Å². The zero-order valence-corrected chi connectivity index (χ0v) is 16.4. The topological polar surface area (TPSA) is 53.9 Å². The number of rotatable bonds is 2. The number of anilines is 2. The van der Waals surface area contributed by atoms with E-state index in [4.69, 9.17) is 21.3 Å². The van der Waals surface area contributed by atoms with E-state index in [1.165, 1.54) is 5.70 Å². The Morgan fingerprint density at radius 3 is 2.81 bits per heavy atom. The van der Waals surface area contributed by atoms with Crippen LogP contribution in [0, 0.1) is 0 Å². The molecule has 2 atom stereocenters. The summed E-state index contributed by atoms with van der Waals surface area (Å²) in [5, 5.41) is 0.292. The Labute approximate surface area is 159 Å². The van der Waals surface area contributed by atoms with Gasteiger partial charge < -0.3 is 9.64 Å². The summed E-state index contributed by atoms with van der Waals surface area (Å²) in [7, 11) is 0. The third kappa shape index (κ3) is 2.99. The van der Waals surface area contributed by atoms with Crippen LogP contribution in [-0.4, -0.2) is 47.1 Å². The van der Waals surface area contributed by atoms with Crippen LogP contribution in [0.25, 0.3) is 0 Å². The number of hydrogen-bond donors (Lipinski definition) is 0. The highest BCUT2D eigenvalue weighted by Crippen LogP contribution is 2.41. The van der Waals surface area contributed by atoms with Crippen LogP contribution in [0.15, 0.2) is 23.0 Å². The van der Waals surface area contributed by atoms with Crippen molar-refractivity contribution in [2.75, 3.05) is 23.0 Å². The molecule has 0 aliphatic carbocycles. The van der Waals surface area contributed by atoms with Crippen molar-refractivity contribution in [1.29, 1.82) is 0 Å². The van der Waals surface area contributed by atoms with Gasteiger partial charge in [-0.15, -0.1) is 0 Å². The number of ether oxygens (including phenoxy) is 1. The Morgan fingerprint density at radius 1 is 1.31 bits per heavy atom. The molecule has 0 radical (unpaired) electrons. The minimum atomic E-state index is 0.181. The van der Waals surface area contributed by atoms with Gasteiger partial charge in [0, 0.05) is 25.0 Å². The van der Waals surface area contributed by atoms with Gasteiger partial charge in [-0.2, -0.15) is 4.98 Å². The van der Waals surface area contributed by atoms with Crippen LogP contribution < -0.4 is 9.80 Å². The van der Waals surface area contributed by atoms with Crippen molar-refractivity contribution in [2.24, 2.45) is 4.99 Å². The smallest absolute Gasteiger partial charge is 0.224 e. The van der Waals surface area contributed by atoms with E-state index in [1.54, 1.807) is 0 Å². The maximum absolute atomic E-state index is 6.20. The fourth-order valence-corrected chi connectivity index (χ4v) is 4.36. The number of aromatic nitrogens is 2. The summed E-state index contributed by atoms with van der Waals surface area (Å²) in [5.74, 6) is 2.03. The molecule has 0 saturated carbocycles. The predicted molar refractivity (Wildman–Crippen MR) is 105 cm³/mol. The van der Waals surface area contributed by atoms with Crippen LogP contribution in [0.1, 0.15) is 46.5 Å². The predicted octanol–water partition coefficient (Wildman–Crippen LogP) is 3.81. The Hall–Kier alpha value is -1.66.